The number of benzene rings is 1. The van der Waals surface area contributed by atoms with Crippen LogP contribution in [0.1, 0.15) is 11.1 Å². The van der Waals surface area contributed by atoms with Gasteiger partial charge in [0.1, 0.15) is 11.9 Å². The van der Waals surface area contributed by atoms with E-state index in [0.717, 1.165) is 6.07 Å². The summed E-state index contributed by atoms with van der Waals surface area (Å²) < 4.78 is 34.6. The molecular weight excluding hydrogens is 400 g/mol. The number of nitrogens with zero attached hydrogens (tertiary/aromatic N) is 5. The standard InChI is InChI=1S/C19H19F2N5O4/c1-29-16-9-14(15(26(27)28)10-17(16)30-19(20)21)12-24-5-7-25(8-6-24)18-13(11-22)3-2-4-23-18/h2-4,9-10,19H,5-8,12H2,1H3. The summed E-state index contributed by atoms with van der Waals surface area (Å²) in [6.45, 7) is -0.552. The molecule has 2 aromatic rings. The van der Waals surface area contributed by atoms with E-state index in [-0.39, 0.29) is 23.7 Å². The van der Waals surface area contributed by atoms with Gasteiger partial charge in [-0.15, -0.1) is 0 Å². The lowest BCUT2D eigenvalue weighted by Gasteiger charge is -2.35. The number of nitro benzene ring substituents is 1. The lowest BCUT2D eigenvalue weighted by Crippen LogP contribution is -2.46. The molecule has 11 heteroatoms. The number of nitriles is 1. The molecule has 0 aliphatic carbocycles. The zero-order valence-corrected chi connectivity index (χ0v) is 16.1. The van der Waals surface area contributed by atoms with E-state index in [9.17, 15) is 24.2 Å². The Hall–Kier alpha value is -3.52. The number of anilines is 1. The first-order valence-corrected chi connectivity index (χ1v) is 9.05. The van der Waals surface area contributed by atoms with E-state index in [1.54, 1.807) is 18.3 Å². The van der Waals surface area contributed by atoms with Gasteiger partial charge in [-0.05, 0) is 18.2 Å². The van der Waals surface area contributed by atoms with E-state index in [1.165, 1.54) is 13.2 Å². The van der Waals surface area contributed by atoms with E-state index >= 15 is 0 Å². The van der Waals surface area contributed by atoms with Crippen LogP contribution in [0.25, 0.3) is 0 Å². The van der Waals surface area contributed by atoms with Crippen LogP contribution in [0.2, 0.25) is 0 Å². The molecule has 1 aliphatic heterocycles. The molecule has 0 atom stereocenters. The monoisotopic (exact) mass is 419 g/mol. The number of ether oxygens (including phenoxy) is 2. The molecule has 9 nitrogen and oxygen atoms in total. The fourth-order valence-corrected chi connectivity index (χ4v) is 3.33. The van der Waals surface area contributed by atoms with Crippen molar-refractivity contribution < 1.29 is 23.2 Å². The summed E-state index contributed by atoms with van der Waals surface area (Å²) >= 11 is 0. The lowest BCUT2D eigenvalue weighted by molar-refractivity contribution is -0.385. The number of nitro groups is 1. The molecular formula is C19H19F2N5O4. The molecule has 0 N–H and O–H groups in total. The third kappa shape index (κ3) is 4.72. The van der Waals surface area contributed by atoms with Gasteiger partial charge in [0.15, 0.2) is 11.5 Å². The van der Waals surface area contributed by atoms with Gasteiger partial charge >= 0.3 is 6.61 Å². The summed E-state index contributed by atoms with van der Waals surface area (Å²) in [6, 6.07) is 7.84. The van der Waals surface area contributed by atoms with Crippen molar-refractivity contribution >= 4 is 11.5 Å². The van der Waals surface area contributed by atoms with Crippen LogP contribution in [0.15, 0.2) is 30.5 Å². The number of hydrogen-bond acceptors (Lipinski definition) is 8. The van der Waals surface area contributed by atoms with Crippen LogP contribution in [-0.4, -0.2) is 54.7 Å². The Kier molecular flexibility index (Phi) is 6.58. The Bertz CT molecular complexity index is 958. The van der Waals surface area contributed by atoms with Gasteiger partial charge in [0.2, 0.25) is 0 Å². The highest BCUT2D eigenvalue weighted by atomic mass is 19.3. The molecule has 158 valence electrons. The third-order valence-electron chi connectivity index (χ3n) is 4.75. The predicted molar refractivity (Wildman–Crippen MR) is 103 cm³/mol. The minimum absolute atomic E-state index is 0.00156. The summed E-state index contributed by atoms with van der Waals surface area (Å²) in [5.74, 6) is 0.231. The van der Waals surface area contributed by atoms with Crippen LogP contribution < -0.4 is 14.4 Å². The van der Waals surface area contributed by atoms with Crippen molar-refractivity contribution in [3.8, 4) is 17.6 Å². The predicted octanol–water partition coefficient (Wildman–Crippen LogP) is 2.79. The number of aromatic nitrogens is 1. The number of halogens is 2. The average molecular weight is 419 g/mol. The smallest absolute Gasteiger partial charge is 0.387 e. The molecule has 1 fully saturated rings. The first-order chi connectivity index (χ1) is 14.4. The van der Waals surface area contributed by atoms with Gasteiger partial charge in [-0.2, -0.15) is 14.0 Å². The maximum Gasteiger partial charge on any atom is 0.387 e. The molecule has 1 saturated heterocycles. The maximum absolute atomic E-state index is 12.6. The Morgan fingerprint density at radius 1 is 1.30 bits per heavy atom. The SMILES string of the molecule is COc1cc(CN2CCN(c3ncccc3C#N)CC2)c([N+](=O)[O-])cc1OC(F)F. The van der Waals surface area contributed by atoms with Gasteiger partial charge in [0.05, 0.1) is 23.7 Å². The molecule has 1 aromatic carbocycles. The van der Waals surface area contributed by atoms with Gasteiger partial charge in [0, 0.05) is 44.5 Å². The number of rotatable bonds is 7. The Morgan fingerprint density at radius 3 is 2.63 bits per heavy atom. The molecule has 1 aromatic heterocycles. The summed E-state index contributed by atoms with van der Waals surface area (Å²) in [7, 11) is 1.28. The van der Waals surface area contributed by atoms with Crippen molar-refractivity contribution in [1.82, 2.24) is 9.88 Å². The number of alkyl halides is 2. The molecule has 30 heavy (non-hydrogen) atoms. The van der Waals surface area contributed by atoms with E-state index < -0.39 is 11.5 Å². The normalized spacial score (nSPS) is 14.4. The van der Waals surface area contributed by atoms with E-state index in [2.05, 4.69) is 15.8 Å². The van der Waals surface area contributed by atoms with Gasteiger partial charge in [-0.25, -0.2) is 4.98 Å². The van der Waals surface area contributed by atoms with Crippen LogP contribution in [0.4, 0.5) is 20.3 Å². The largest absolute Gasteiger partial charge is 0.493 e. The number of pyridine rings is 1. The zero-order valence-electron chi connectivity index (χ0n) is 16.1. The molecule has 3 rings (SSSR count). The molecule has 1 aliphatic rings. The second-order valence-electron chi connectivity index (χ2n) is 6.52. The molecule has 0 bridgehead atoms. The lowest BCUT2D eigenvalue weighted by atomic mass is 10.1. The maximum atomic E-state index is 12.6. The molecule has 0 saturated carbocycles. The average Bonchev–Trinajstić information content (AvgIpc) is 2.74. The van der Waals surface area contributed by atoms with Crippen molar-refractivity contribution in [2.45, 2.75) is 13.2 Å². The number of piperazine rings is 1. The van der Waals surface area contributed by atoms with Crippen LogP contribution in [0, 0.1) is 21.4 Å². The summed E-state index contributed by atoms with van der Waals surface area (Å²) in [6.07, 6.45) is 1.63. The van der Waals surface area contributed by atoms with Crippen molar-refractivity contribution in [3.05, 3.63) is 51.7 Å². The summed E-state index contributed by atoms with van der Waals surface area (Å²) in [4.78, 5) is 19.1. The van der Waals surface area contributed by atoms with Crippen molar-refractivity contribution in [1.29, 1.82) is 5.26 Å². The van der Waals surface area contributed by atoms with E-state index in [1.807, 2.05) is 9.80 Å². The van der Waals surface area contributed by atoms with E-state index in [0.29, 0.717) is 43.1 Å². The van der Waals surface area contributed by atoms with Crippen molar-refractivity contribution in [2.24, 2.45) is 0 Å². The van der Waals surface area contributed by atoms with Crippen molar-refractivity contribution in [2.75, 3.05) is 38.2 Å². The summed E-state index contributed by atoms with van der Waals surface area (Å²) in [5, 5.41) is 20.7. The van der Waals surface area contributed by atoms with Gasteiger partial charge in [-0.3, -0.25) is 15.0 Å². The first-order valence-electron chi connectivity index (χ1n) is 9.05. The van der Waals surface area contributed by atoms with Crippen LogP contribution in [-0.2, 0) is 6.54 Å². The highest BCUT2D eigenvalue weighted by Gasteiger charge is 2.25. The highest BCUT2D eigenvalue weighted by Crippen LogP contribution is 2.36. The number of methoxy groups -OCH3 is 1. The van der Waals surface area contributed by atoms with Gasteiger partial charge in [-0.1, -0.05) is 0 Å². The number of hydrogen-bond donors (Lipinski definition) is 0. The van der Waals surface area contributed by atoms with Crippen LogP contribution >= 0.6 is 0 Å². The quantitative estimate of drug-likeness (QED) is 0.498. The molecule has 0 radical (unpaired) electrons. The van der Waals surface area contributed by atoms with Gasteiger partial charge < -0.3 is 14.4 Å². The fraction of sp³-hybridized carbons (Fsp3) is 0.368. The third-order valence-corrected chi connectivity index (χ3v) is 4.75. The Balaban J connectivity index is 1.75. The molecule has 2 heterocycles. The second-order valence-corrected chi connectivity index (χ2v) is 6.52. The summed E-state index contributed by atoms with van der Waals surface area (Å²) in [5.41, 5.74) is 0.508. The van der Waals surface area contributed by atoms with Crippen LogP contribution in [0.5, 0.6) is 11.5 Å². The van der Waals surface area contributed by atoms with Crippen molar-refractivity contribution in [3.63, 3.8) is 0 Å². The minimum atomic E-state index is -3.12. The molecule has 0 unspecified atom stereocenters. The second kappa shape index (κ2) is 9.32. The molecule has 0 amide bonds. The van der Waals surface area contributed by atoms with Crippen LogP contribution in [0.3, 0.4) is 0 Å². The first kappa shape index (κ1) is 21.2. The highest BCUT2D eigenvalue weighted by molar-refractivity contribution is 5.55. The van der Waals surface area contributed by atoms with E-state index in [4.69, 9.17) is 4.74 Å². The van der Waals surface area contributed by atoms with Gasteiger partial charge in [0.25, 0.3) is 5.69 Å². The zero-order chi connectivity index (χ0) is 21.7. The fourth-order valence-electron chi connectivity index (χ4n) is 3.33. The Morgan fingerprint density at radius 2 is 2.03 bits per heavy atom. The minimum Gasteiger partial charge on any atom is -0.493 e. The molecule has 0 spiro atoms. The topological polar surface area (TPSA) is 105 Å². The Labute approximate surface area is 171 Å².